The molecule has 2 rings (SSSR count). The third-order valence-corrected chi connectivity index (χ3v) is 4.79. The minimum atomic E-state index is -0.494. The van der Waals surface area contributed by atoms with Crippen LogP contribution < -0.4 is 10.1 Å². The fourth-order valence-corrected chi connectivity index (χ4v) is 3.58. The molecule has 1 aromatic rings. The molecule has 6 nitrogen and oxygen atoms in total. The van der Waals surface area contributed by atoms with Gasteiger partial charge in [0.1, 0.15) is 11.4 Å². The summed E-state index contributed by atoms with van der Waals surface area (Å²) in [6.07, 6.45) is 3.34. The average molecular weight is 334 g/mol. The Labute approximate surface area is 142 Å². The van der Waals surface area contributed by atoms with Crippen molar-refractivity contribution in [3.63, 3.8) is 0 Å². The van der Waals surface area contributed by atoms with Gasteiger partial charge in [-0.25, -0.2) is 0 Å². The number of carbonyl (C=O) groups excluding carboxylic acids is 1. The maximum absolute atomic E-state index is 11.4. The van der Waals surface area contributed by atoms with Gasteiger partial charge < -0.3 is 10.1 Å². The molecule has 0 spiro atoms. The van der Waals surface area contributed by atoms with E-state index in [-0.39, 0.29) is 17.5 Å². The molecular formula is C18H26N2O4. The first-order chi connectivity index (χ1) is 11.3. The molecule has 1 fully saturated rings. The van der Waals surface area contributed by atoms with Gasteiger partial charge in [-0.3, -0.25) is 14.9 Å². The highest BCUT2D eigenvalue weighted by atomic mass is 16.6. The molecular weight excluding hydrogens is 308 g/mol. The Morgan fingerprint density at radius 1 is 1.38 bits per heavy atom. The van der Waals surface area contributed by atoms with Crippen molar-refractivity contribution in [1.29, 1.82) is 0 Å². The van der Waals surface area contributed by atoms with Gasteiger partial charge in [-0.15, -0.1) is 0 Å². The summed E-state index contributed by atoms with van der Waals surface area (Å²) in [4.78, 5) is 22.0. The van der Waals surface area contributed by atoms with Crippen molar-refractivity contribution in [2.45, 2.75) is 53.0 Å². The van der Waals surface area contributed by atoms with E-state index in [1.807, 2.05) is 0 Å². The highest BCUT2D eigenvalue weighted by Gasteiger charge is 2.32. The molecule has 1 saturated carbocycles. The summed E-state index contributed by atoms with van der Waals surface area (Å²) in [5.74, 6) is 1.32. The van der Waals surface area contributed by atoms with Crippen molar-refractivity contribution in [2.24, 2.45) is 17.8 Å². The molecule has 0 bridgehead atoms. The number of nitro groups is 1. The van der Waals surface area contributed by atoms with Crippen LogP contribution in [0.4, 0.5) is 11.4 Å². The van der Waals surface area contributed by atoms with Crippen LogP contribution in [-0.2, 0) is 4.79 Å². The molecule has 0 unspecified atom stereocenters. The third kappa shape index (κ3) is 4.46. The summed E-state index contributed by atoms with van der Waals surface area (Å²) in [6, 6.07) is 4.74. The van der Waals surface area contributed by atoms with E-state index in [1.165, 1.54) is 19.4 Å². The zero-order valence-corrected chi connectivity index (χ0v) is 14.7. The fraction of sp³-hybridized carbons (Fsp3) is 0.611. The number of nitrogens with one attached hydrogen (secondary N) is 1. The van der Waals surface area contributed by atoms with Gasteiger partial charge >= 0.3 is 5.97 Å². The van der Waals surface area contributed by atoms with E-state index in [1.54, 1.807) is 12.1 Å². The zero-order valence-electron chi connectivity index (χ0n) is 14.7. The van der Waals surface area contributed by atoms with Crippen molar-refractivity contribution >= 4 is 17.3 Å². The molecule has 0 aliphatic heterocycles. The van der Waals surface area contributed by atoms with E-state index in [4.69, 9.17) is 4.74 Å². The molecule has 0 saturated heterocycles. The lowest BCUT2D eigenvalue weighted by Gasteiger charge is -2.38. The highest BCUT2D eigenvalue weighted by molar-refractivity contribution is 5.71. The number of ether oxygens (including phenoxy) is 1. The van der Waals surface area contributed by atoms with Crippen LogP contribution in [-0.4, -0.2) is 16.9 Å². The van der Waals surface area contributed by atoms with Crippen molar-refractivity contribution < 1.29 is 14.5 Å². The standard InChI is InChI=1S/C18H26N2O4/c1-11(2)15-7-5-12(3)9-17(15)19-16-8-6-14(24-13(4)21)10-18(16)20(22)23/h6,8,10-12,15,17,19H,5,7,9H2,1-4H3/t12-,15+,17-/m1/s1. The van der Waals surface area contributed by atoms with Crippen molar-refractivity contribution in [3.8, 4) is 5.75 Å². The van der Waals surface area contributed by atoms with E-state index in [0.29, 0.717) is 23.4 Å². The lowest BCUT2D eigenvalue weighted by molar-refractivity contribution is -0.384. The number of hydrogen-bond donors (Lipinski definition) is 1. The van der Waals surface area contributed by atoms with E-state index >= 15 is 0 Å². The average Bonchev–Trinajstić information content (AvgIpc) is 2.47. The fourth-order valence-electron chi connectivity index (χ4n) is 3.58. The van der Waals surface area contributed by atoms with Crippen LogP contribution >= 0.6 is 0 Å². The quantitative estimate of drug-likeness (QED) is 0.374. The number of benzene rings is 1. The van der Waals surface area contributed by atoms with Crippen molar-refractivity contribution in [1.82, 2.24) is 0 Å². The Kier molecular flexibility index (Phi) is 5.80. The topological polar surface area (TPSA) is 81.5 Å². The molecule has 0 radical (unpaired) electrons. The van der Waals surface area contributed by atoms with E-state index in [2.05, 4.69) is 26.1 Å². The predicted molar refractivity (Wildman–Crippen MR) is 93.2 cm³/mol. The number of esters is 1. The SMILES string of the molecule is CC(=O)Oc1ccc(N[C@@H]2C[C@H](C)CC[C@H]2C(C)C)c([N+](=O)[O-])c1. The van der Waals surface area contributed by atoms with Gasteiger partial charge in [-0.2, -0.15) is 0 Å². The summed E-state index contributed by atoms with van der Waals surface area (Å²) in [5, 5.41) is 14.8. The van der Waals surface area contributed by atoms with Crippen LogP contribution in [0.5, 0.6) is 5.75 Å². The Bertz CT molecular complexity index is 615. The number of hydrogen-bond acceptors (Lipinski definition) is 5. The number of nitro benzene ring substituents is 1. The zero-order chi connectivity index (χ0) is 17.9. The first-order valence-electron chi connectivity index (χ1n) is 8.51. The van der Waals surface area contributed by atoms with Crippen molar-refractivity contribution in [2.75, 3.05) is 5.32 Å². The highest BCUT2D eigenvalue weighted by Crippen LogP contribution is 2.37. The molecule has 132 valence electrons. The molecule has 0 heterocycles. The summed E-state index contributed by atoms with van der Waals surface area (Å²) in [6.45, 7) is 7.90. The van der Waals surface area contributed by atoms with Gasteiger partial charge in [-0.05, 0) is 42.7 Å². The first kappa shape index (κ1) is 18.2. The lowest BCUT2D eigenvalue weighted by atomic mass is 9.74. The predicted octanol–water partition coefficient (Wildman–Crippen LogP) is 4.39. The molecule has 0 amide bonds. The van der Waals surface area contributed by atoms with Gasteiger partial charge in [0.2, 0.25) is 0 Å². The van der Waals surface area contributed by atoms with E-state index in [9.17, 15) is 14.9 Å². The molecule has 1 aromatic carbocycles. The van der Waals surface area contributed by atoms with Gasteiger partial charge in [0.05, 0.1) is 11.0 Å². The second-order valence-corrected chi connectivity index (χ2v) is 7.11. The summed E-state index contributed by atoms with van der Waals surface area (Å²) in [7, 11) is 0. The van der Waals surface area contributed by atoms with Crippen LogP contribution in [0.25, 0.3) is 0 Å². The van der Waals surface area contributed by atoms with Crippen LogP contribution in [0.2, 0.25) is 0 Å². The minimum absolute atomic E-state index is 0.0607. The number of nitrogens with zero attached hydrogens (tertiary/aromatic N) is 1. The summed E-state index contributed by atoms with van der Waals surface area (Å²) in [5.41, 5.74) is 0.426. The van der Waals surface area contributed by atoms with E-state index < -0.39 is 10.9 Å². The normalized spacial score (nSPS) is 23.8. The number of rotatable bonds is 5. The van der Waals surface area contributed by atoms with Crippen LogP contribution in [0.1, 0.15) is 47.0 Å². The second kappa shape index (κ2) is 7.64. The lowest BCUT2D eigenvalue weighted by Crippen LogP contribution is -2.37. The Morgan fingerprint density at radius 2 is 2.08 bits per heavy atom. The minimum Gasteiger partial charge on any atom is -0.426 e. The molecule has 6 heteroatoms. The van der Waals surface area contributed by atoms with E-state index in [0.717, 1.165) is 12.8 Å². The molecule has 24 heavy (non-hydrogen) atoms. The molecule has 0 aromatic heterocycles. The first-order valence-corrected chi connectivity index (χ1v) is 8.51. The number of carbonyl (C=O) groups is 1. The van der Waals surface area contributed by atoms with Crippen LogP contribution in [0.3, 0.4) is 0 Å². The maximum atomic E-state index is 11.4. The maximum Gasteiger partial charge on any atom is 0.308 e. The van der Waals surface area contributed by atoms with Gasteiger partial charge in [-0.1, -0.05) is 27.2 Å². The molecule has 3 atom stereocenters. The molecule has 1 aliphatic rings. The van der Waals surface area contributed by atoms with Gasteiger partial charge in [0, 0.05) is 13.0 Å². The van der Waals surface area contributed by atoms with Gasteiger partial charge in [0.15, 0.2) is 0 Å². The van der Waals surface area contributed by atoms with Crippen LogP contribution in [0, 0.1) is 27.9 Å². The third-order valence-electron chi connectivity index (χ3n) is 4.79. The van der Waals surface area contributed by atoms with Crippen molar-refractivity contribution in [3.05, 3.63) is 28.3 Å². The Hall–Kier alpha value is -2.11. The van der Waals surface area contributed by atoms with Gasteiger partial charge in [0.25, 0.3) is 5.69 Å². The summed E-state index contributed by atoms with van der Waals surface area (Å²) >= 11 is 0. The second-order valence-electron chi connectivity index (χ2n) is 7.11. The Morgan fingerprint density at radius 3 is 2.67 bits per heavy atom. The molecule has 1 N–H and O–H groups in total. The summed E-state index contributed by atoms with van der Waals surface area (Å²) < 4.78 is 4.96. The smallest absolute Gasteiger partial charge is 0.308 e. The van der Waals surface area contributed by atoms with Crippen LogP contribution in [0.15, 0.2) is 18.2 Å². The Balaban J connectivity index is 2.26. The monoisotopic (exact) mass is 334 g/mol. The molecule has 1 aliphatic carbocycles. The largest absolute Gasteiger partial charge is 0.426 e. The number of anilines is 1.